The van der Waals surface area contributed by atoms with Crippen LogP contribution in [0.1, 0.15) is 62.1 Å². The zero-order valence-electron chi connectivity index (χ0n) is 30.7. The van der Waals surface area contributed by atoms with Gasteiger partial charge >= 0.3 is 0 Å². The van der Waals surface area contributed by atoms with Gasteiger partial charge in [-0.3, -0.25) is 14.3 Å². The van der Waals surface area contributed by atoms with Crippen LogP contribution in [0.25, 0.3) is 16.6 Å². The summed E-state index contributed by atoms with van der Waals surface area (Å²) in [5.74, 6) is 1.07. The van der Waals surface area contributed by atoms with Crippen molar-refractivity contribution in [1.82, 2.24) is 28.8 Å². The van der Waals surface area contributed by atoms with E-state index < -0.39 is 21.1 Å². The second kappa shape index (κ2) is 12.2. The van der Waals surface area contributed by atoms with Crippen molar-refractivity contribution in [2.75, 3.05) is 19.6 Å². The molecule has 1 aliphatic carbocycles. The first-order valence-electron chi connectivity index (χ1n) is 17.7. The third-order valence-electron chi connectivity index (χ3n) is 9.11. The minimum absolute atomic E-state index is 0.0416. The molecule has 1 saturated carbocycles. The average Bonchev–Trinajstić information content (AvgIpc) is 3.59. The summed E-state index contributed by atoms with van der Waals surface area (Å²) in [6, 6.07) is 10.7. The molecule has 4 aromatic rings. The second-order valence-corrected chi connectivity index (χ2v) is 20.1. The van der Waals surface area contributed by atoms with Gasteiger partial charge in [-0.25, -0.2) is 0 Å². The fraction of sp³-hybridized carbons (Fsp3) is 0.559. The van der Waals surface area contributed by atoms with Crippen molar-refractivity contribution in [2.45, 2.75) is 83.9 Å². The van der Waals surface area contributed by atoms with Gasteiger partial charge in [-0.1, -0.05) is 57.2 Å². The molecule has 6 rings (SSSR count). The molecular weight excluding hydrogens is 588 g/mol. The highest BCUT2D eigenvalue weighted by atomic mass is 35.5. The van der Waals surface area contributed by atoms with E-state index in [-0.39, 0.29) is 36.6 Å². The predicted molar refractivity (Wildman–Crippen MR) is 181 cm³/mol. The number of halogens is 1. The van der Waals surface area contributed by atoms with Crippen molar-refractivity contribution in [3.8, 4) is 5.69 Å². The number of ether oxygens (including phenoxy) is 1. The first kappa shape index (κ1) is 26.5. The van der Waals surface area contributed by atoms with Crippen molar-refractivity contribution in [1.29, 1.82) is 0 Å². The van der Waals surface area contributed by atoms with E-state index in [4.69, 9.17) is 21.8 Å². The number of likely N-dealkylation sites (tertiary alicyclic amines) is 1. The number of aryl methyl sites for hydroxylation is 1. The highest BCUT2D eigenvalue weighted by Gasteiger charge is 2.48. The first-order valence-corrected chi connectivity index (χ1v) is 19.8. The van der Waals surface area contributed by atoms with Crippen LogP contribution in [0, 0.1) is 11.8 Å². The summed E-state index contributed by atoms with van der Waals surface area (Å²) < 4.78 is 46.7. The molecule has 0 N–H and O–H groups in total. The number of nitrogens with zero attached hydrogens (tertiary/aromatic N) is 6. The zero-order valence-corrected chi connectivity index (χ0v) is 28.5. The molecular formula is C34H47ClN6O2Si. The molecule has 10 heteroatoms. The number of hydrogen-bond donors (Lipinski definition) is 0. The monoisotopic (exact) mass is 638 g/mol. The van der Waals surface area contributed by atoms with Gasteiger partial charge in [-0.15, -0.1) is 10.2 Å². The summed E-state index contributed by atoms with van der Waals surface area (Å²) in [6.07, 6.45) is 5.89. The highest BCUT2D eigenvalue weighted by molar-refractivity contribution is 6.76. The fourth-order valence-corrected chi connectivity index (χ4v) is 7.78. The largest absolute Gasteiger partial charge is 0.361 e. The van der Waals surface area contributed by atoms with Gasteiger partial charge in [0.1, 0.15) is 24.4 Å². The summed E-state index contributed by atoms with van der Waals surface area (Å²) in [4.78, 5) is 15.8. The minimum atomic E-state index is -1.89. The lowest BCUT2D eigenvalue weighted by Gasteiger charge is -2.46. The molecule has 2 fully saturated rings. The Balaban J connectivity index is 1.46. The Hall–Kier alpha value is -2.72. The van der Waals surface area contributed by atoms with Crippen molar-refractivity contribution in [2.24, 2.45) is 18.9 Å². The molecule has 236 valence electrons. The normalized spacial score (nSPS) is 26.5. The average molecular weight is 639 g/mol. The molecule has 1 aliphatic heterocycles. The van der Waals surface area contributed by atoms with Gasteiger partial charge in [0.25, 0.3) is 5.56 Å². The molecule has 1 unspecified atom stereocenters. The van der Waals surface area contributed by atoms with E-state index in [1.165, 1.54) is 4.90 Å². The van der Waals surface area contributed by atoms with Crippen LogP contribution in [0.5, 0.6) is 0 Å². The van der Waals surface area contributed by atoms with Gasteiger partial charge < -0.3 is 13.9 Å². The van der Waals surface area contributed by atoms with E-state index in [9.17, 15) is 4.79 Å². The quantitative estimate of drug-likeness (QED) is 0.141. The van der Waals surface area contributed by atoms with Gasteiger partial charge in [0.2, 0.25) is 0 Å². The van der Waals surface area contributed by atoms with Gasteiger partial charge in [0.15, 0.2) is 0 Å². The van der Waals surface area contributed by atoms with Crippen LogP contribution in [0.3, 0.4) is 0 Å². The highest BCUT2D eigenvalue weighted by Crippen LogP contribution is 2.51. The van der Waals surface area contributed by atoms with E-state index in [0.717, 1.165) is 30.3 Å². The number of benzene rings is 1. The smallest absolute Gasteiger partial charge is 0.279 e. The number of hydrogen-bond acceptors (Lipinski definition) is 5. The van der Waals surface area contributed by atoms with Crippen LogP contribution < -0.4 is 5.56 Å². The molecule has 1 saturated heterocycles. The minimum Gasteiger partial charge on any atom is -0.361 e. The molecule has 0 spiro atoms. The molecule has 4 heterocycles. The second-order valence-electron chi connectivity index (χ2n) is 14.1. The lowest BCUT2D eigenvalue weighted by Crippen LogP contribution is -2.43. The first-order chi connectivity index (χ1) is 22.4. The lowest BCUT2D eigenvalue weighted by atomic mass is 9.58. The molecule has 44 heavy (non-hydrogen) atoms. The molecule has 1 aromatic carbocycles. The zero-order chi connectivity index (χ0) is 34.8. The van der Waals surface area contributed by atoms with E-state index in [0.29, 0.717) is 46.3 Å². The van der Waals surface area contributed by atoms with E-state index in [2.05, 4.69) is 42.8 Å². The van der Waals surface area contributed by atoms with Crippen molar-refractivity contribution < 1.29 is 10.2 Å². The lowest BCUT2D eigenvalue weighted by molar-refractivity contribution is 0.0848. The number of aromatic nitrogens is 5. The number of piperidine rings is 1. The summed E-state index contributed by atoms with van der Waals surface area (Å²) >= 11 is 6.97. The van der Waals surface area contributed by atoms with Crippen LogP contribution in [0.4, 0.5) is 0 Å². The Morgan fingerprint density at radius 3 is 2.68 bits per heavy atom. The van der Waals surface area contributed by atoms with Crippen molar-refractivity contribution in [3.63, 3.8) is 0 Å². The summed E-state index contributed by atoms with van der Waals surface area (Å²) in [5, 5.41) is 9.55. The van der Waals surface area contributed by atoms with Crippen LogP contribution in [0.15, 0.2) is 47.7 Å². The number of fused-ring (bicyclic) bond motifs is 1. The standard InChI is InChI=1S/C34H47ClN6O2Si/c1-24-9-8-12-39(19-24)20-28-16-29-30(35)21-40(32(42)31(29)41(28)23-43-13-14-44(4,5)6)27-11-7-10-26(15-27)34(17-25(2)18-34)33-37-36-22-38(33)3/h7,10-11,15-16,21-22,24-25H,8-9,12-14,17-20,23H2,1-6H3/i12D2,19D2. The Labute approximate surface area is 272 Å². The summed E-state index contributed by atoms with van der Waals surface area (Å²) in [7, 11) is 0.573. The molecule has 3 aromatic heterocycles. The predicted octanol–water partition coefficient (Wildman–Crippen LogP) is 6.83. The maximum absolute atomic E-state index is 14.5. The molecule has 1 atom stereocenters. The SMILES string of the molecule is [2H]C1([2H])CCC(C)C([2H])([2H])N1Cc1cc2c(Cl)cn(-c3cccc(C4(c5nncn5C)CC(C)C4)c3)c(=O)c2n1COCC[Si](C)(C)C. The van der Waals surface area contributed by atoms with E-state index in [1.54, 1.807) is 27.7 Å². The van der Waals surface area contributed by atoms with E-state index in [1.807, 2.05) is 36.7 Å². The van der Waals surface area contributed by atoms with Gasteiger partial charge in [0, 0.05) is 63.2 Å². The Morgan fingerprint density at radius 1 is 1.18 bits per heavy atom. The molecule has 2 aliphatic rings. The molecule has 8 nitrogen and oxygen atoms in total. The molecule has 0 amide bonds. The maximum Gasteiger partial charge on any atom is 0.279 e. The Morgan fingerprint density at radius 2 is 1.98 bits per heavy atom. The Bertz CT molecular complexity index is 1880. The Kier molecular flexibility index (Phi) is 7.36. The number of rotatable bonds is 10. The van der Waals surface area contributed by atoms with Gasteiger partial charge in [-0.05, 0) is 73.8 Å². The van der Waals surface area contributed by atoms with Crippen LogP contribution in [0.2, 0.25) is 30.7 Å². The molecule has 0 bridgehead atoms. The van der Waals surface area contributed by atoms with Crippen LogP contribution >= 0.6 is 11.6 Å². The van der Waals surface area contributed by atoms with Gasteiger partial charge in [-0.2, -0.15) is 0 Å². The van der Waals surface area contributed by atoms with Gasteiger partial charge in [0.05, 0.1) is 10.4 Å². The maximum atomic E-state index is 14.5. The van der Waals surface area contributed by atoms with E-state index >= 15 is 0 Å². The van der Waals surface area contributed by atoms with Crippen LogP contribution in [-0.4, -0.2) is 56.5 Å². The third kappa shape index (κ3) is 6.08. The number of pyridine rings is 1. The third-order valence-corrected chi connectivity index (χ3v) is 11.1. The fourth-order valence-electron chi connectivity index (χ4n) is 6.78. The van der Waals surface area contributed by atoms with Crippen LogP contribution in [-0.2, 0) is 30.5 Å². The van der Waals surface area contributed by atoms with Crippen molar-refractivity contribution in [3.05, 3.63) is 75.3 Å². The summed E-state index contributed by atoms with van der Waals surface area (Å²) in [5.41, 5.74) is 2.08. The van der Waals surface area contributed by atoms with Crippen molar-refractivity contribution >= 4 is 30.6 Å². The summed E-state index contributed by atoms with van der Waals surface area (Å²) in [6.45, 7) is 7.69. The molecule has 0 radical (unpaired) electrons. The topological polar surface area (TPSA) is 70.1 Å².